The van der Waals surface area contributed by atoms with Gasteiger partial charge in [-0.15, -0.1) is 0 Å². The molecular weight excluding hydrogens is 501 g/mol. The molecule has 3 rings (SSSR count). The summed E-state index contributed by atoms with van der Waals surface area (Å²) in [6.07, 6.45) is -0.509. The minimum absolute atomic E-state index is 0.0814. The van der Waals surface area contributed by atoms with Gasteiger partial charge in [0.25, 0.3) is 5.69 Å². The number of ether oxygens (including phenoxy) is 2. The Balaban J connectivity index is 2.33. The lowest BCUT2D eigenvalue weighted by Crippen LogP contribution is -2.53. The van der Waals surface area contributed by atoms with Crippen LogP contribution in [0, 0.1) is 15.9 Å². The van der Waals surface area contributed by atoms with E-state index in [-0.39, 0.29) is 22.3 Å². The molecule has 0 fully saturated rings. The van der Waals surface area contributed by atoms with Gasteiger partial charge in [0.15, 0.2) is 12.1 Å². The molecule has 0 unspecified atom stereocenters. The van der Waals surface area contributed by atoms with Crippen molar-refractivity contribution in [3.05, 3.63) is 67.7 Å². The van der Waals surface area contributed by atoms with Gasteiger partial charge in [-0.05, 0) is 34.1 Å². The largest absolute Gasteiger partial charge is 0.471 e. The third-order valence-corrected chi connectivity index (χ3v) is 5.31. The number of hydrogen-bond acceptors (Lipinski definition) is 7. The molecular formula is C19H16BrF3N4O5. The molecule has 0 saturated heterocycles. The fraction of sp³-hybridized carbons (Fsp3) is 0.316. The second-order valence-electron chi connectivity index (χ2n) is 6.83. The van der Waals surface area contributed by atoms with Crippen molar-refractivity contribution < 1.29 is 32.4 Å². The van der Waals surface area contributed by atoms with Crippen molar-refractivity contribution >= 4 is 33.4 Å². The number of benzene rings is 1. The smallest absolute Gasteiger partial charge is 0.311 e. The maximum Gasteiger partial charge on any atom is 0.311 e. The van der Waals surface area contributed by atoms with E-state index in [0.29, 0.717) is 0 Å². The molecule has 0 saturated carbocycles. The SMILES string of the molecule is COCC[C@]1(c2nc(Br)ccc2F)N=C(c2cc([N+](=O)[O-])ccc2C(N)=O)OCC1(F)F. The molecule has 2 N–H and O–H groups in total. The number of halogens is 4. The highest BCUT2D eigenvalue weighted by Gasteiger charge is 2.60. The van der Waals surface area contributed by atoms with Gasteiger partial charge in [0, 0.05) is 32.3 Å². The number of carbonyl (C=O) groups is 1. The second kappa shape index (κ2) is 8.82. The number of nitro benzene ring substituents is 1. The van der Waals surface area contributed by atoms with E-state index in [9.17, 15) is 19.3 Å². The minimum atomic E-state index is -3.75. The summed E-state index contributed by atoms with van der Waals surface area (Å²) in [4.78, 5) is 30.2. The van der Waals surface area contributed by atoms with E-state index in [1.165, 1.54) is 13.2 Å². The first-order valence-corrected chi connectivity index (χ1v) is 9.82. The van der Waals surface area contributed by atoms with Crippen LogP contribution in [0.1, 0.15) is 28.0 Å². The Labute approximate surface area is 187 Å². The van der Waals surface area contributed by atoms with Crippen LogP contribution in [0.2, 0.25) is 0 Å². The van der Waals surface area contributed by atoms with E-state index in [4.69, 9.17) is 15.2 Å². The first-order valence-electron chi connectivity index (χ1n) is 9.03. The molecule has 13 heteroatoms. The number of rotatable bonds is 7. The van der Waals surface area contributed by atoms with Gasteiger partial charge in [0.2, 0.25) is 11.8 Å². The molecule has 2 aromatic rings. The van der Waals surface area contributed by atoms with Crippen LogP contribution in [0.3, 0.4) is 0 Å². The van der Waals surface area contributed by atoms with Crippen molar-refractivity contribution in [1.29, 1.82) is 0 Å². The number of non-ortho nitro benzene ring substituents is 1. The number of nitrogens with zero attached hydrogens (tertiary/aromatic N) is 3. The summed E-state index contributed by atoms with van der Waals surface area (Å²) in [7, 11) is 1.27. The molecule has 0 bridgehead atoms. The van der Waals surface area contributed by atoms with E-state index in [0.717, 1.165) is 24.3 Å². The fourth-order valence-corrected chi connectivity index (χ4v) is 3.59. The van der Waals surface area contributed by atoms with Crippen molar-refractivity contribution in [3.63, 3.8) is 0 Å². The molecule has 2 heterocycles. The van der Waals surface area contributed by atoms with Gasteiger partial charge in [-0.2, -0.15) is 8.78 Å². The summed E-state index contributed by atoms with van der Waals surface area (Å²) >= 11 is 3.04. The van der Waals surface area contributed by atoms with Crippen LogP contribution < -0.4 is 5.73 Å². The standard InChI is InChI=1S/C19H16BrF3N4O5/c1-31-7-6-18(15-13(21)4-5-14(20)25-15)19(22,23)9-32-17(26-18)12-8-10(27(29)30)2-3-11(12)16(24)28/h2-5,8H,6-7,9H2,1H3,(H2,24,28)/t18-/m1/s1. The highest BCUT2D eigenvalue weighted by atomic mass is 79.9. The maximum atomic E-state index is 15.3. The van der Waals surface area contributed by atoms with Crippen LogP contribution >= 0.6 is 15.9 Å². The first-order chi connectivity index (χ1) is 15.0. The van der Waals surface area contributed by atoms with Crippen molar-refractivity contribution in [2.45, 2.75) is 17.9 Å². The number of nitro groups is 1. The van der Waals surface area contributed by atoms with Crippen LogP contribution in [0.15, 0.2) is 39.9 Å². The number of carbonyl (C=O) groups excluding carboxylic acids is 1. The zero-order valence-corrected chi connectivity index (χ0v) is 18.1. The number of primary amides is 1. The zero-order chi connectivity index (χ0) is 23.7. The van der Waals surface area contributed by atoms with E-state index in [1.807, 2.05) is 0 Å². The molecule has 1 aliphatic rings. The van der Waals surface area contributed by atoms with Gasteiger partial charge in [-0.25, -0.2) is 14.4 Å². The number of methoxy groups -OCH3 is 1. The average Bonchev–Trinajstić information content (AvgIpc) is 2.74. The molecule has 1 aliphatic heterocycles. The Kier molecular flexibility index (Phi) is 6.51. The van der Waals surface area contributed by atoms with E-state index in [2.05, 4.69) is 25.9 Å². The van der Waals surface area contributed by atoms with Crippen LogP contribution in [0.4, 0.5) is 18.9 Å². The number of aliphatic imine (C=N–C) groups is 1. The number of alkyl halides is 2. The quantitative estimate of drug-likeness (QED) is 0.341. The summed E-state index contributed by atoms with van der Waals surface area (Å²) < 4.78 is 55.4. The number of hydrogen-bond donors (Lipinski definition) is 1. The maximum absolute atomic E-state index is 15.3. The molecule has 170 valence electrons. The average molecular weight is 517 g/mol. The van der Waals surface area contributed by atoms with Crippen LogP contribution in [0.5, 0.6) is 0 Å². The molecule has 1 atom stereocenters. The number of aromatic nitrogens is 1. The monoisotopic (exact) mass is 516 g/mol. The summed E-state index contributed by atoms with van der Waals surface area (Å²) in [5.41, 5.74) is 1.08. The summed E-state index contributed by atoms with van der Waals surface area (Å²) in [5.74, 6) is -6.33. The van der Waals surface area contributed by atoms with Gasteiger partial charge in [-0.1, -0.05) is 0 Å². The highest BCUT2D eigenvalue weighted by molar-refractivity contribution is 9.10. The molecule has 1 aromatic carbocycles. The number of amides is 1. The van der Waals surface area contributed by atoms with Gasteiger partial charge in [-0.3, -0.25) is 14.9 Å². The van der Waals surface area contributed by atoms with Crippen molar-refractivity contribution in [2.75, 3.05) is 20.3 Å². The zero-order valence-electron chi connectivity index (χ0n) is 16.5. The van der Waals surface area contributed by atoms with Crippen molar-refractivity contribution in [3.8, 4) is 0 Å². The number of pyridine rings is 1. The molecule has 0 aliphatic carbocycles. The van der Waals surface area contributed by atoms with Gasteiger partial charge in [0.1, 0.15) is 16.1 Å². The normalized spacial score (nSPS) is 19.7. The van der Waals surface area contributed by atoms with Gasteiger partial charge < -0.3 is 15.2 Å². The Morgan fingerprint density at radius 3 is 2.72 bits per heavy atom. The molecule has 1 amide bonds. The third kappa shape index (κ3) is 4.17. The molecule has 9 nitrogen and oxygen atoms in total. The lowest BCUT2D eigenvalue weighted by molar-refractivity contribution is -0.384. The molecule has 1 aromatic heterocycles. The topological polar surface area (TPSA) is 130 Å². The second-order valence-corrected chi connectivity index (χ2v) is 7.64. The van der Waals surface area contributed by atoms with E-state index >= 15 is 8.78 Å². The summed E-state index contributed by atoms with van der Waals surface area (Å²) in [6, 6.07) is 5.19. The molecule has 0 spiro atoms. The lowest BCUT2D eigenvalue weighted by atomic mass is 9.83. The van der Waals surface area contributed by atoms with Crippen LogP contribution in [-0.4, -0.2) is 48.0 Å². The summed E-state index contributed by atoms with van der Waals surface area (Å²) in [5, 5.41) is 11.2. The fourth-order valence-electron chi connectivity index (χ4n) is 3.28. The Hall–Kier alpha value is -3.06. The molecule has 32 heavy (non-hydrogen) atoms. The van der Waals surface area contributed by atoms with Gasteiger partial charge >= 0.3 is 5.92 Å². The first kappa shape index (κ1) is 23.6. The predicted octanol–water partition coefficient (Wildman–Crippen LogP) is 3.33. The van der Waals surface area contributed by atoms with Crippen molar-refractivity contribution in [1.82, 2.24) is 4.98 Å². The van der Waals surface area contributed by atoms with Crippen LogP contribution in [-0.2, 0) is 15.0 Å². The Bertz CT molecular complexity index is 1110. The van der Waals surface area contributed by atoms with Crippen molar-refractivity contribution in [2.24, 2.45) is 10.7 Å². The Morgan fingerprint density at radius 1 is 1.38 bits per heavy atom. The van der Waals surface area contributed by atoms with Crippen LogP contribution in [0.25, 0.3) is 0 Å². The highest BCUT2D eigenvalue weighted by Crippen LogP contribution is 2.47. The molecule has 0 radical (unpaired) electrons. The lowest BCUT2D eigenvalue weighted by Gasteiger charge is -2.40. The Morgan fingerprint density at radius 2 is 2.09 bits per heavy atom. The van der Waals surface area contributed by atoms with E-state index < -0.39 is 58.4 Å². The summed E-state index contributed by atoms with van der Waals surface area (Å²) in [6.45, 7) is -1.51. The predicted molar refractivity (Wildman–Crippen MR) is 109 cm³/mol. The van der Waals surface area contributed by atoms with E-state index in [1.54, 1.807) is 0 Å². The van der Waals surface area contributed by atoms with Gasteiger partial charge in [0.05, 0.1) is 16.1 Å². The minimum Gasteiger partial charge on any atom is -0.471 e. The number of nitrogens with two attached hydrogens (primary N) is 1. The third-order valence-electron chi connectivity index (χ3n) is 4.87.